The topological polar surface area (TPSA) is 65.7 Å². The van der Waals surface area contributed by atoms with E-state index < -0.39 is 11.9 Å². The fourth-order valence-electron chi connectivity index (χ4n) is 4.63. The summed E-state index contributed by atoms with van der Waals surface area (Å²) in [5.41, 5.74) is 3.75. The van der Waals surface area contributed by atoms with E-state index in [9.17, 15) is 9.59 Å². The quantitative estimate of drug-likeness (QED) is 0.156. The lowest BCUT2D eigenvalue weighted by Gasteiger charge is -2.17. The number of carbonyl (C=O) groups is 1. The summed E-state index contributed by atoms with van der Waals surface area (Å²) < 4.78 is 17.3. The van der Waals surface area contributed by atoms with Gasteiger partial charge >= 0.3 is 5.97 Å². The van der Waals surface area contributed by atoms with Gasteiger partial charge in [0.2, 0.25) is 11.2 Å². The molecule has 1 heterocycles. The second-order valence-electron chi connectivity index (χ2n) is 9.25. The SMILES string of the molecule is O=C(Oc1ccc2c(=O)c(Oc3ccc(-c4ccccc4)cc3)coc2c1)C(c1ccccc1)c1ccccc1. The van der Waals surface area contributed by atoms with Crippen LogP contribution in [0, 0.1) is 0 Å². The highest BCUT2D eigenvalue weighted by atomic mass is 16.5. The number of fused-ring (bicyclic) bond motifs is 1. The number of hydrogen-bond acceptors (Lipinski definition) is 5. The number of ether oxygens (including phenoxy) is 2. The molecule has 0 amide bonds. The zero-order valence-electron chi connectivity index (χ0n) is 21.4. The number of carbonyl (C=O) groups excluding carboxylic acids is 1. The molecule has 0 fully saturated rings. The van der Waals surface area contributed by atoms with Crippen molar-refractivity contribution in [3.63, 3.8) is 0 Å². The largest absolute Gasteiger partial charge is 0.460 e. The first-order chi connectivity index (χ1) is 19.7. The third-order valence-corrected chi connectivity index (χ3v) is 6.62. The van der Waals surface area contributed by atoms with Crippen LogP contribution < -0.4 is 14.9 Å². The predicted molar refractivity (Wildman–Crippen MR) is 155 cm³/mol. The fourth-order valence-corrected chi connectivity index (χ4v) is 4.63. The van der Waals surface area contributed by atoms with Crippen LogP contribution in [0.1, 0.15) is 17.0 Å². The first-order valence-electron chi connectivity index (χ1n) is 12.9. The summed E-state index contributed by atoms with van der Waals surface area (Å²) in [7, 11) is 0. The minimum Gasteiger partial charge on any atom is -0.460 e. The Bertz CT molecular complexity index is 1770. The molecular formula is C35H24O5. The van der Waals surface area contributed by atoms with E-state index in [-0.39, 0.29) is 22.5 Å². The number of rotatable bonds is 7. The molecule has 0 bridgehead atoms. The van der Waals surface area contributed by atoms with Crippen LogP contribution in [-0.2, 0) is 4.79 Å². The number of hydrogen-bond donors (Lipinski definition) is 0. The van der Waals surface area contributed by atoms with Crippen molar-refractivity contribution in [3.05, 3.63) is 161 Å². The maximum atomic E-state index is 13.4. The molecule has 194 valence electrons. The van der Waals surface area contributed by atoms with Crippen LogP contribution in [0.2, 0.25) is 0 Å². The molecule has 1 aromatic heterocycles. The normalized spacial score (nSPS) is 10.9. The molecule has 5 heteroatoms. The summed E-state index contributed by atoms with van der Waals surface area (Å²) in [5.74, 6) is -0.169. The van der Waals surface area contributed by atoms with Crippen molar-refractivity contribution in [2.24, 2.45) is 0 Å². The molecule has 0 aliphatic rings. The molecule has 0 unspecified atom stereocenters. The molecule has 0 saturated carbocycles. The van der Waals surface area contributed by atoms with Gasteiger partial charge in [0, 0.05) is 6.07 Å². The molecule has 0 atom stereocenters. The number of esters is 1. The number of benzene rings is 5. The first-order valence-corrected chi connectivity index (χ1v) is 12.9. The first kappa shape index (κ1) is 24.9. The summed E-state index contributed by atoms with van der Waals surface area (Å²) in [6.45, 7) is 0. The van der Waals surface area contributed by atoms with E-state index in [0.717, 1.165) is 22.3 Å². The highest BCUT2D eigenvalue weighted by molar-refractivity contribution is 5.86. The van der Waals surface area contributed by atoms with Crippen molar-refractivity contribution in [1.29, 1.82) is 0 Å². The van der Waals surface area contributed by atoms with Gasteiger partial charge in [-0.05, 0) is 46.5 Å². The van der Waals surface area contributed by atoms with Crippen LogP contribution >= 0.6 is 0 Å². The predicted octanol–water partition coefficient (Wildman–Crippen LogP) is 7.99. The van der Waals surface area contributed by atoms with Crippen LogP contribution in [0.25, 0.3) is 22.1 Å². The minimum atomic E-state index is -0.603. The highest BCUT2D eigenvalue weighted by Gasteiger charge is 2.25. The minimum absolute atomic E-state index is 0.0675. The Labute approximate surface area is 230 Å². The van der Waals surface area contributed by atoms with Crippen molar-refractivity contribution in [2.75, 3.05) is 0 Å². The average Bonchev–Trinajstić information content (AvgIpc) is 3.01. The van der Waals surface area contributed by atoms with Gasteiger partial charge in [-0.3, -0.25) is 9.59 Å². The van der Waals surface area contributed by atoms with Gasteiger partial charge in [-0.25, -0.2) is 0 Å². The molecule has 0 N–H and O–H groups in total. The molecule has 6 aromatic rings. The maximum absolute atomic E-state index is 13.4. The van der Waals surface area contributed by atoms with Crippen molar-refractivity contribution < 1.29 is 18.7 Å². The lowest BCUT2D eigenvalue weighted by atomic mass is 9.91. The van der Waals surface area contributed by atoms with Crippen molar-refractivity contribution in [1.82, 2.24) is 0 Å². The zero-order chi connectivity index (χ0) is 27.3. The zero-order valence-corrected chi connectivity index (χ0v) is 21.4. The van der Waals surface area contributed by atoms with Gasteiger partial charge in [0.25, 0.3) is 0 Å². The van der Waals surface area contributed by atoms with Gasteiger partial charge in [-0.1, -0.05) is 103 Å². The monoisotopic (exact) mass is 524 g/mol. The summed E-state index contributed by atoms with van der Waals surface area (Å²) in [6, 6.07) is 41.2. The molecule has 0 aliphatic carbocycles. The fraction of sp³-hybridized carbons (Fsp3) is 0.0286. The van der Waals surface area contributed by atoms with E-state index in [0.29, 0.717) is 11.1 Å². The van der Waals surface area contributed by atoms with Gasteiger partial charge in [0.15, 0.2) is 0 Å². The van der Waals surface area contributed by atoms with Gasteiger partial charge in [-0.15, -0.1) is 0 Å². The Morgan fingerprint density at radius 2 is 1.18 bits per heavy atom. The van der Waals surface area contributed by atoms with Crippen LogP contribution in [0.4, 0.5) is 0 Å². The Hall–Kier alpha value is -5.42. The summed E-state index contributed by atoms with van der Waals surface area (Å²) >= 11 is 0. The molecule has 40 heavy (non-hydrogen) atoms. The third-order valence-electron chi connectivity index (χ3n) is 6.62. The lowest BCUT2D eigenvalue weighted by molar-refractivity contribution is -0.135. The van der Waals surface area contributed by atoms with Crippen molar-refractivity contribution in [3.8, 4) is 28.4 Å². The van der Waals surface area contributed by atoms with Gasteiger partial charge in [0.1, 0.15) is 29.3 Å². The Morgan fingerprint density at radius 3 is 1.80 bits per heavy atom. The standard InChI is InChI=1S/C35H24O5/c36-34-30-21-20-29(40-35(37)33(26-12-6-2-7-13-26)27-14-8-3-9-15-27)22-31(30)38-23-32(34)39-28-18-16-25(17-19-28)24-10-4-1-5-11-24/h1-23,33H. The molecule has 0 radical (unpaired) electrons. The second kappa shape index (κ2) is 11.1. The highest BCUT2D eigenvalue weighted by Crippen LogP contribution is 2.29. The Balaban J connectivity index is 1.23. The van der Waals surface area contributed by atoms with E-state index in [1.54, 1.807) is 18.2 Å². The van der Waals surface area contributed by atoms with Crippen LogP contribution in [-0.4, -0.2) is 5.97 Å². The molecule has 5 nitrogen and oxygen atoms in total. The maximum Gasteiger partial charge on any atom is 0.323 e. The van der Waals surface area contributed by atoms with Gasteiger partial charge in [-0.2, -0.15) is 0 Å². The Morgan fingerprint density at radius 1 is 0.625 bits per heavy atom. The summed E-state index contributed by atoms with van der Waals surface area (Å²) in [4.78, 5) is 26.5. The van der Waals surface area contributed by atoms with E-state index >= 15 is 0 Å². The molecule has 0 spiro atoms. The van der Waals surface area contributed by atoms with E-state index in [4.69, 9.17) is 13.9 Å². The molecule has 6 rings (SSSR count). The van der Waals surface area contributed by atoms with Gasteiger partial charge < -0.3 is 13.9 Å². The smallest absolute Gasteiger partial charge is 0.323 e. The molecule has 0 aliphatic heterocycles. The lowest BCUT2D eigenvalue weighted by Crippen LogP contribution is -2.20. The summed E-state index contributed by atoms with van der Waals surface area (Å²) in [5, 5.41) is 0.320. The van der Waals surface area contributed by atoms with Gasteiger partial charge in [0.05, 0.1) is 5.39 Å². The van der Waals surface area contributed by atoms with Crippen LogP contribution in [0.15, 0.2) is 149 Å². The van der Waals surface area contributed by atoms with Crippen molar-refractivity contribution >= 4 is 16.9 Å². The molecule has 5 aromatic carbocycles. The Kier molecular flexibility index (Phi) is 6.93. The van der Waals surface area contributed by atoms with E-state index in [1.807, 2.05) is 115 Å². The second-order valence-corrected chi connectivity index (χ2v) is 9.25. The molecule has 0 saturated heterocycles. The van der Waals surface area contributed by atoms with E-state index in [2.05, 4.69) is 0 Å². The van der Waals surface area contributed by atoms with E-state index in [1.165, 1.54) is 6.26 Å². The van der Waals surface area contributed by atoms with Crippen molar-refractivity contribution in [2.45, 2.75) is 5.92 Å². The average molecular weight is 525 g/mol. The summed E-state index contributed by atoms with van der Waals surface area (Å²) in [6.07, 6.45) is 1.28. The van der Waals surface area contributed by atoms with Crippen LogP contribution in [0.3, 0.4) is 0 Å². The van der Waals surface area contributed by atoms with Crippen LogP contribution in [0.5, 0.6) is 17.2 Å². The molecular weight excluding hydrogens is 500 g/mol. The third kappa shape index (κ3) is 5.26.